The van der Waals surface area contributed by atoms with E-state index in [1.54, 1.807) is 0 Å². The van der Waals surface area contributed by atoms with Crippen LogP contribution in [0.4, 0.5) is 5.69 Å². The van der Waals surface area contributed by atoms with Gasteiger partial charge in [-0.3, -0.25) is 4.90 Å². The molecule has 0 bridgehead atoms. The molecule has 0 fully saturated rings. The first-order valence-electron chi connectivity index (χ1n) is 10.3. The Morgan fingerprint density at radius 2 is 1.71 bits per heavy atom. The Bertz CT molecular complexity index is 967. The zero-order chi connectivity index (χ0) is 19.9. The van der Waals surface area contributed by atoms with E-state index in [1.165, 1.54) is 22.0 Å². The van der Waals surface area contributed by atoms with Crippen molar-refractivity contribution in [1.29, 1.82) is 0 Å². The first-order chi connectivity index (χ1) is 13.6. The van der Waals surface area contributed by atoms with Crippen LogP contribution in [0.2, 0.25) is 0 Å². The summed E-state index contributed by atoms with van der Waals surface area (Å²) < 4.78 is 2.30. The second-order valence-corrected chi connectivity index (χ2v) is 7.15. The third-order valence-corrected chi connectivity index (χ3v) is 5.23. The SMILES string of the molecule is CCN(CC)Cc1ccc2c(c1)cc(C#CCNc1ccc(C)cc1)n2CC. The summed E-state index contributed by atoms with van der Waals surface area (Å²) in [6.07, 6.45) is 0. The number of benzene rings is 2. The van der Waals surface area contributed by atoms with E-state index in [-0.39, 0.29) is 0 Å². The minimum Gasteiger partial charge on any atom is -0.374 e. The number of anilines is 1. The van der Waals surface area contributed by atoms with E-state index < -0.39 is 0 Å². The number of rotatable bonds is 7. The molecular formula is C25H31N3. The molecule has 3 aromatic rings. The Kier molecular flexibility index (Phi) is 6.79. The molecule has 0 radical (unpaired) electrons. The smallest absolute Gasteiger partial charge is 0.0931 e. The molecule has 3 rings (SSSR count). The van der Waals surface area contributed by atoms with Gasteiger partial charge in [-0.05, 0) is 68.8 Å². The Morgan fingerprint density at radius 1 is 0.964 bits per heavy atom. The van der Waals surface area contributed by atoms with Gasteiger partial charge in [-0.2, -0.15) is 0 Å². The minimum absolute atomic E-state index is 0.640. The summed E-state index contributed by atoms with van der Waals surface area (Å²) in [6, 6.07) is 17.4. The van der Waals surface area contributed by atoms with Crippen LogP contribution in [-0.2, 0) is 13.1 Å². The quantitative estimate of drug-likeness (QED) is 0.569. The van der Waals surface area contributed by atoms with Crippen molar-refractivity contribution in [1.82, 2.24) is 9.47 Å². The molecule has 0 aliphatic heterocycles. The molecule has 0 aliphatic rings. The van der Waals surface area contributed by atoms with Gasteiger partial charge in [0.1, 0.15) is 0 Å². The fourth-order valence-corrected chi connectivity index (χ4v) is 3.52. The van der Waals surface area contributed by atoms with Gasteiger partial charge in [-0.15, -0.1) is 0 Å². The van der Waals surface area contributed by atoms with Gasteiger partial charge in [0.25, 0.3) is 0 Å². The van der Waals surface area contributed by atoms with E-state index >= 15 is 0 Å². The third-order valence-electron chi connectivity index (χ3n) is 5.23. The number of hydrogen-bond donors (Lipinski definition) is 1. The fourth-order valence-electron chi connectivity index (χ4n) is 3.52. The second kappa shape index (κ2) is 9.48. The van der Waals surface area contributed by atoms with Crippen LogP contribution in [0.3, 0.4) is 0 Å². The van der Waals surface area contributed by atoms with Gasteiger partial charge in [-0.1, -0.05) is 43.5 Å². The van der Waals surface area contributed by atoms with Crippen LogP contribution in [-0.4, -0.2) is 29.1 Å². The minimum atomic E-state index is 0.640. The highest BCUT2D eigenvalue weighted by Gasteiger charge is 2.08. The average molecular weight is 374 g/mol. The Balaban J connectivity index is 1.76. The maximum absolute atomic E-state index is 3.37. The van der Waals surface area contributed by atoms with E-state index in [9.17, 15) is 0 Å². The first-order valence-corrected chi connectivity index (χ1v) is 10.3. The number of nitrogens with zero attached hydrogens (tertiary/aromatic N) is 2. The number of aryl methyl sites for hydroxylation is 2. The lowest BCUT2D eigenvalue weighted by Crippen LogP contribution is -2.21. The lowest BCUT2D eigenvalue weighted by Gasteiger charge is -2.18. The number of nitrogens with one attached hydrogen (secondary N) is 1. The van der Waals surface area contributed by atoms with Crippen molar-refractivity contribution in [2.24, 2.45) is 0 Å². The second-order valence-electron chi connectivity index (χ2n) is 7.15. The topological polar surface area (TPSA) is 20.2 Å². The molecule has 146 valence electrons. The monoisotopic (exact) mass is 373 g/mol. The largest absolute Gasteiger partial charge is 0.374 e. The van der Waals surface area contributed by atoms with Gasteiger partial charge < -0.3 is 9.88 Å². The number of aromatic nitrogens is 1. The van der Waals surface area contributed by atoms with E-state index in [1.807, 2.05) is 0 Å². The fraction of sp³-hybridized carbons (Fsp3) is 0.360. The normalized spacial score (nSPS) is 10.9. The van der Waals surface area contributed by atoms with Crippen LogP contribution < -0.4 is 5.32 Å². The Labute approximate surface area is 169 Å². The van der Waals surface area contributed by atoms with Crippen molar-refractivity contribution in [3.8, 4) is 11.8 Å². The van der Waals surface area contributed by atoms with Crippen LogP contribution in [0.25, 0.3) is 10.9 Å². The number of fused-ring (bicyclic) bond motifs is 1. The molecule has 3 heteroatoms. The lowest BCUT2D eigenvalue weighted by molar-refractivity contribution is 0.296. The Hall–Kier alpha value is -2.70. The highest BCUT2D eigenvalue weighted by molar-refractivity contribution is 5.83. The van der Waals surface area contributed by atoms with E-state index in [2.05, 4.69) is 103 Å². The molecule has 1 N–H and O–H groups in total. The molecule has 0 saturated carbocycles. The van der Waals surface area contributed by atoms with Crippen LogP contribution in [0.1, 0.15) is 37.6 Å². The maximum atomic E-state index is 3.37. The molecule has 0 aliphatic carbocycles. The zero-order valence-corrected chi connectivity index (χ0v) is 17.5. The Morgan fingerprint density at radius 3 is 2.39 bits per heavy atom. The lowest BCUT2D eigenvalue weighted by atomic mass is 10.1. The van der Waals surface area contributed by atoms with Crippen LogP contribution in [0.15, 0.2) is 48.5 Å². The van der Waals surface area contributed by atoms with Crippen molar-refractivity contribution >= 4 is 16.6 Å². The predicted octanol–water partition coefficient (Wildman–Crippen LogP) is 5.28. The molecule has 0 amide bonds. The molecule has 1 aromatic heterocycles. The third kappa shape index (κ3) is 4.77. The van der Waals surface area contributed by atoms with Crippen LogP contribution in [0.5, 0.6) is 0 Å². The summed E-state index contributed by atoms with van der Waals surface area (Å²) >= 11 is 0. The van der Waals surface area contributed by atoms with Crippen LogP contribution in [0, 0.1) is 18.8 Å². The highest BCUT2D eigenvalue weighted by Crippen LogP contribution is 2.22. The van der Waals surface area contributed by atoms with Crippen molar-refractivity contribution in [2.75, 3.05) is 25.0 Å². The molecule has 0 atom stereocenters. The van der Waals surface area contributed by atoms with Gasteiger partial charge in [0, 0.05) is 29.7 Å². The van der Waals surface area contributed by atoms with Gasteiger partial charge in [0.15, 0.2) is 0 Å². The van der Waals surface area contributed by atoms with E-state index in [0.29, 0.717) is 6.54 Å². The standard InChI is InChI=1S/C25H31N3/c1-5-27(6-2)19-21-12-15-25-22(17-21)18-24(28(25)7-3)9-8-16-26-23-13-10-20(4)11-14-23/h10-15,17-18,26H,5-7,16,19H2,1-4H3. The zero-order valence-electron chi connectivity index (χ0n) is 17.5. The van der Waals surface area contributed by atoms with Gasteiger partial charge >= 0.3 is 0 Å². The van der Waals surface area contributed by atoms with Crippen molar-refractivity contribution in [2.45, 2.75) is 40.8 Å². The summed E-state index contributed by atoms with van der Waals surface area (Å²) in [5.41, 5.74) is 6.09. The number of hydrogen-bond acceptors (Lipinski definition) is 2. The summed E-state index contributed by atoms with van der Waals surface area (Å²) in [7, 11) is 0. The van der Waals surface area contributed by atoms with Crippen molar-refractivity contribution < 1.29 is 0 Å². The molecule has 28 heavy (non-hydrogen) atoms. The molecule has 0 spiro atoms. The summed E-state index contributed by atoms with van der Waals surface area (Å²) in [5, 5.41) is 4.65. The molecule has 3 nitrogen and oxygen atoms in total. The summed E-state index contributed by atoms with van der Waals surface area (Å²) in [4.78, 5) is 2.44. The molecule has 2 aromatic carbocycles. The highest BCUT2D eigenvalue weighted by atomic mass is 15.1. The predicted molar refractivity (Wildman–Crippen MR) is 121 cm³/mol. The molecular weight excluding hydrogens is 342 g/mol. The maximum Gasteiger partial charge on any atom is 0.0931 e. The summed E-state index contributed by atoms with van der Waals surface area (Å²) in [5.74, 6) is 6.63. The van der Waals surface area contributed by atoms with Gasteiger partial charge in [-0.25, -0.2) is 0 Å². The first kappa shape index (κ1) is 20.0. The van der Waals surface area contributed by atoms with Gasteiger partial charge in [0.2, 0.25) is 0 Å². The summed E-state index contributed by atoms with van der Waals surface area (Å²) in [6.45, 7) is 13.4. The molecule has 1 heterocycles. The average Bonchev–Trinajstić information content (AvgIpc) is 3.07. The van der Waals surface area contributed by atoms with Crippen molar-refractivity contribution in [3.63, 3.8) is 0 Å². The van der Waals surface area contributed by atoms with Crippen LogP contribution >= 0.6 is 0 Å². The van der Waals surface area contributed by atoms with E-state index in [4.69, 9.17) is 0 Å². The van der Waals surface area contributed by atoms with Gasteiger partial charge in [0.05, 0.1) is 12.2 Å². The van der Waals surface area contributed by atoms with Crippen molar-refractivity contribution in [3.05, 3.63) is 65.4 Å². The molecule has 0 unspecified atom stereocenters. The molecule has 0 saturated heterocycles. The van der Waals surface area contributed by atoms with E-state index in [0.717, 1.165) is 37.6 Å².